The molecule has 35 heavy (non-hydrogen) atoms. The van der Waals surface area contributed by atoms with Crippen LogP contribution >= 0.6 is 0 Å². The van der Waals surface area contributed by atoms with Crippen LogP contribution in [0.4, 0.5) is 4.39 Å². The minimum Gasteiger partial charge on any atom is -0.508 e. The standard InChI is InChI=1S/C30H28FNO3/c31-22-7-12-26-27-11-6-21-18-23(33)8-13-25(21)29(27)30(35-28(26)19-22)20-4-9-24(10-5-20)34-17-16-32-14-2-1-3-15-32/h4-13,18-19,30,33H,1-3,14-17H2. The zero-order valence-corrected chi connectivity index (χ0v) is 19.5. The molecule has 4 aromatic rings. The first kappa shape index (κ1) is 21.9. The number of benzene rings is 4. The monoisotopic (exact) mass is 469 g/mol. The third-order valence-electron chi connectivity index (χ3n) is 7.09. The molecule has 0 spiro atoms. The fraction of sp³-hybridized carbons (Fsp3) is 0.267. The van der Waals surface area contributed by atoms with Crippen LogP contribution in [0.3, 0.4) is 0 Å². The molecule has 2 aliphatic rings. The maximum Gasteiger partial charge on any atom is 0.150 e. The highest BCUT2D eigenvalue weighted by atomic mass is 19.1. The summed E-state index contributed by atoms with van der Waals surface area (Å²) >= 11 is 0. The molecule has 6 rings (SSSR count). The van der Waals surface area contributed by atoms with E-state index in [-0.39, 0.29) is 11.6 Å². The maximum absolute atomic E-state index is 14.1. The Morgan fingerprint density at radius 1 is 0.886 bits per heavy atom. The molecular formula is C30H28FNO3. The molecule has 0 amide bonds. The van der Waals surface area contributed by atoms with Gasteiger partial charge in [0.2, 0.25) is 0 Å². The van der Waals surface area contributed by atoms with Gasteiger partial charge in [0.05, 0.1) is 0 Å². The Morgan fingerprint density at radius 2 is 1.69 bits per heavy atom. The number of hydrogen-bond donors (Lipinski definition) is 1. The van der Waals surface area contributed by atoms with E-state index in [9.17, 15) is 9.50 Å². The van der Waals surface area contributed by atoms with Crippen molar-refractivity contribution in [2.45, 2.75) is 25.4 Å². The van der Waals surface area contributed by atoms with Gasteiger partial charge in [-0.1, -0.05) is 36.8 Å². The molecule has 0 bridgehead atoms. The minimum absolute atomic E-state index is 0.222. The van der Waals surface area contributed by atoms with Gasteiger partial charge in [0.25, 0.3) is 0 Å². The largest absolute Gasteiger partial charge is 0.508 e. The number of fused-ring (bicyclic) bond motifs is 5. The van der Waals surface area contributed by atoms with Crippen LogP contribution in [0.1, 0.15) is 36.5 Å². The summed E-state index contributed by atoms with van der Waals surface area (Å²) in [7, 11) is 0. The van der Waals surface area contributed by atoms with Gasteiger partial charge in [0, 0.05) is 23.7 Å². The topological polar surface area (TPSA) is 41.9 Å². The normalized spacial score (nSPS) is 17.5. The molecule has 0 aromatic heterocycles. The number of hydrogen-bond acceptors (Lipinski definition) is 4. The second-order valence-electron chi connectivity index (χ2n) is 9.39. The van der Waals surface area contributed by atoms with Crippen LogP contribution < -0.4 is 9.47 Å². The molecule has 4 nitrogen and oxygen atoms in total. The van der Waals surface area contributed by atoms with E-state index in [0.29, 0.717) is 12.4 Å². The Hall–Kier alpha value is -3.57. The Bertz CT molecular complexity index is 1360. The molecule has 0 radical (unpaired) electrons. The van der Waals surface area contributed by atoms with Crippen molar-refractivity contribution in [3.63, 3.8) is 0 Å². The average molecular weight is 470 g/mol. The van der Waals surface area contributed by atoms with Gasteiger partial charge in [-0.05, 0) is 84.2 Å². The highest BCUT2D eigenvalue weighted by Gasteiger charge is 2.29. The van der Waals surface area contributed by atoms with Gasteiger partial charge < -0.3 is 14.6 Å². The van der Waals surface area contributed by atoms with Crippen LogP contribution in [0.5, 0.6) is 17.2 Å². The molecule has 0 saturated carbocycles. The minimum atomic E-state index is -0.407. The van der Waals surface area contributed by atoms with Gasteiger partial charge >= 0.3 is 0 Å². The average Bonchev–Trinajstić information content (AvgIpc) is 2.88. The van der Waals surface area contributed by atoms with Crippen molar-refractivity contribution >= 4 is 10.8 Å². The van der Waals surface area contributed by atoms with Gasteiger partial charge in [-0.15, -0.1) is 0 Å². The summed E-state index contributed by atoms with van der Waals surface area (Å²) in [6.45, 7) is 3.94. The van der Waals surface area contributed by atoms with Crippen molar-refractivity contribution in [3.05, 3.63) is 89.7 Å². The van der Waals surface area contributed by atoms with Crippen molar-refractivity contribution in [1.82, 2.24) is 4.90 Å². The van der Waals surface area contributed by atoms with Crippen molar-refractivity contribution < 1.29 is 19.0 Å². The van der Waals surface area contributed by atoms with Crippen LogP contribution in [-0.4, -0.2) is 36.2 Å². The van der Waals surface area contributed by atoms with Crippen LogP contribution in [0.15, 0.2) is 72.8 Å². The van der Waals surface area contributed by atoms with E-state index in [1.54, 1.807) is 18.2 Å². The number of nitrogens with zero attached hydrogens (tertiary/aromatic N) is 1. The third-order valence-corrected chi connectivity index (χ3v) is 7.09. The molecule has 5 heteroatoms. The fourth-order valence-electron chi connectivity index (χ4n) is 5.31. The first-order chi connectivity index (χ1) is 17.2. The summed E-state index contributed by atoms with van der Waals surface area (Å²) in [5, 5.41) is 11.9. The smallest absolute Gasteiger partial charge is 0.150 e. The molecule has 2 heterocycles. The van der Waals surface area contributed by atoms with Gasteiger partial charge in [-0.3, -0.25) is 4.90 Å². The van der Waals surface area contributed by atoms with E-state index in [1.807, 2.05) is 42.5 Å². The molecule has 1 unspecified atom stereocenters. The number of ether oxygens (including phenoxy) is 2. The molecule has 2 aliphatic heterocycles. The fourth-order valence-corrected chi connectivity index (χ4v) is 5.31. The first-order valence-corrected chi connectivity index (χ1v) is 12.3. The van der Waals surface area contributed by atoms with Crippen molar-refractivity contribution in [2.75, 3.05) is 26.2 Å². The van der Waals surface area contributed by atoms with E-state index in [0.717, 1.165) is 58.4 Å². The third kappa shape index (κ3) is 4.32. The van der Waals surface area contributed by atoms with Crippen molar-refractivity contribution in [2.24, 2.45) is 0 Å². The summed E-state index contributed by atoms with van der Waals surface area (Å²) < 4.78 is 26.5. The van der Waals surface area contributed by atoms with Crippen LogP contribution in [0.2, 0.25) is 0 Å². The van der Waals surface area contributed by atoms with E-state index in [4.69, 9.17) is 9.47 Å². The molecular weight excluding hydrogens is 441 g/mol. The number of phenols is 1. The summed E-state index contributed by atoms with van der Waals surface area (Å²) in [5.41, 5.74) is 3.85. The lowest BCUT2D eigenvalue weighted by atomic mass is 9.86. The number of aromatic hydroxyl groups is 1. The molecule has 1 fully saturated rings. The van der Waals surface area contributed by atoms with Crippen LogP contribution in [-0.2, 0) is 0 Å². The van der Waals surface area contributed by atoms with Crippen LogP contribution in [0.25, 0.3) is 21.9 Å². The lowest BCUT2D eigenvalue weighted by molar-refractivity contribution is 0.183. The summed E-state index contributed by atoms with van der Waals surface area (Å²) in [4.78, 5) is 2.46. The Morgan fingerprint density at radius 3 is 2.51 bits per heavy atom. The second kappa shape index (κ2) is 9.23. The molecule has 1 saturated heterocycles. The molecule has 4 aromatic carbocycles. The lowest BCUT2D eigenvalue weighted by Crippen LogP contribution is -2.33. The number of halogens is 1. The number of piperidine rings is 1. The van der Waals surface area contributed by atoms with E-state index in [2.05, 4.69) is 4.90 Å². The van der Waals surface area contributed by atoms with E-state index < -0.39 is 6.10 Å². The van der Waals surface area contributed by atoms with Crippen LogP contribution in [0, 0.1) is 5.82 Å². The van der Waals surface area contributed by atoms with Gasteiger partial charge in [-0.2, -0.15) is 0 Å². The van der Waals surface area contributed by atoms with E-state index >= 15 is 0 Å². The first-order valence-electron chi connectivity index (χ1n) is 12.3. The predicted octanol–water partition coefficient (Wildman–Crippen LogP) is 6.70. The van der Waals surface area contributed by atoms with Crippen molar-refractivity contribution in [1.29, 1.82) is 0 Å². The van der Waals surface area contributed by atoms with E-state index in [1.165, 1.54) is 31.4 Å². The highest BCUT2D eigenvalue weighted by Crippen LogP contribution is 2.48. The summed E-state index contributed by atoms with van der Waals surface area (Å²) in [5.74, 6) is 1.26. The van der Waals surface area contributed by atoms with Gasteiger partial charge in [-0.25, -0.2) is 4.39 Å². The highest BCUT2D eigenvalue weighted by molar-refractivity contribution is 5.95. The SMILES string of the molecule is Oc1ccc2c3c(ccc2c1)-c1ccc(F)cc1OC3c1ccc(OCCN2CCCCC2)cc1. The Balaban J connectivity index is 1.31. The number of phenolic OH excluding ortho intramolecular Hbond substituents is 1. The molecule has 0 aliphatic carbocycles. The quantitative estimate of drug-likeness (QED) is 0.353. The molecule has 1 N–H and O–H groups in total. The maximum atomic E-state index is 14.1. The molecule has 178 valence electrons. The van der Waals surface area contributed by atoms with Gasteiger partial charge in [0.1, 0.15) is 29.7 Å². The second-order valence-corrected chi connectivity index (χ2v) is 9.39. The Labute approximate surface area is 204 Å². The Kier molecular flexibility index (Phi) is 5.78. The lowest BCUT2D eigenvalue weighted by Gasteiger charge is -2.30. The predicted molar refractivity (Wildman–Crippen MR) is 136 cm³/mol. The number of rotatable bonds is 5. The van der Waals surface area contributed by atoms with Crippen molar-refractivity contribution in [3.8, 4) is 28.4 Å². The zero-order chi connectivity index (χ0) is 23.8. The number of likely N-dealkylation sites (tertiary alicyclic amines) is 1. The zero-order valence-electron chi connectivity index (χ0n) is 19.5. The van der Waals surface area contributed by atoms with Gasteiger partial charge in [0.15, 0.2) is 6.10 Å². The molecule has 1 atom stereocenters. The summed E-state index contributed by atoms with van der Waals surface area (Å²) in [6, 6.07) is 22.1. The summed E-state index contributed by atoms with van der Waals surface area (Å²) in [6.07, 6.45) is 3.48.